The van der Waals surface area contributed by atoms with Crippen LogP contribution in [-0.4, -0.2) is 25.8 Å². The molecule has 0 spiro atoms. The fourth-order valence-corrected chi connectivity index (χ4v) is 3.05. The van der Waals surface area contributed by atoms with E-state index in [-0.39, 0.29) is 11.1 Å². The summed E-state index contributed by atoms with van der Waals surface area (Å²) in [6, 6.07) is 12.8. The van der Waals surface area contributed by atoms with Gasteiger partial charge < -0.3 is 15.3 Å². The summed E-state index contributed by atoms with van der Waals surface area (Å²) in [4.78, 5) is 37.9. The molecule has 0 atom stereocenters. The highest BCUT2D eigenvalue weighted by Gasteiger charge is 2.14. The van der Waals surface area contributed by atoms with Gasteiger partial charge in [0, 0.05) is 28.6 Å². The number of aromatic nitrogens is 4. The molecule has 4 aromatic rings. The second kappa shape index (κ2) is 7.86. The van der Waals surface area contributed by atoms with Gasteiger partial charge in [0.05, 0.1) is 11.0 Å². The number of hydrogen-bond acceptors (Lipinski definition) is 4. The number of benzene rings is 2. The molecule has 30 heavy (non-hydrogen) atoms. The summed E-state index contributed by atoms with van der Waals surface area (Å²) in [5, 5.41) is 2.76. The van der Waals surface area contributed by atoms with Crippen molar-refractivity contribution in [1.29, 1.82) is 0 Å². The lowest BCUT2D eigenvalue weighted by Gasteiger charge is -2.08. The highest BCUT2D eigenvalue weighted by atomic mass is 19.3. The van der Waals surface area contributed by atoms with Crippen LogP contribution in [0.25, 0.3) is 22.4 Å². The fraction of sp³-hybridized carbons (Fsp3) is 0.143. The number of aromatic amines is 2. The minimum Gasteiger partial charge on any atom is -0.337 e. The number of carbonyl (C=O) groups excluding carboxylic acids is 1. The Bertz CT molecular complexity index is 1300. The van der Waals surface area contributed by atoms with Crippen molar-refractivity contribution in [2.75, 3.05) is 5.32 Å². The zero-order chi connectivity index (χ0) is 21.3. The first-order valence-corrected chi connectivity index (χ1v) is 9.23. The molecule has 2 heterocycles. The van der Waals surface area contributed by atoms with Crippen LogP contribution in [0.1, 0.15) is 35.2 Å². The first kappa shape index (κ1) is 19.4. The highest BCUT2D eigenvalue weighted by molar-refractivity contribution is 6.06. The van der Waals surface area contributed by atoms with Crippen LogP contribution in [0.4, 0.5) is 14.5 Å². The predicted octanol–water partition coefficient (Wildman–Crippen LogP) is 4.07. The normalized spacial score (nSPS) is 11.2. The van der Waals surface area contributed by atoms with Crippen molar-refractivity contribution in [3.8, 4) is 11.4 Å². The van der Waals surface area contributed by atoms with Gasteiger partial charge in [-0.3, -0.25) is 9.59 Å². The smallest absolute Gasteiger partial charge is 0.295 e. The molecule has 0 aliphatic carbocycles. The summed E-state index contributed by atoms with van der Waals surface area (Å²) >= 11 is 0. The van der Waals surface area contributed by atoms with Crippen molar-refractivity contribution < 1.29 is 13.6 Å². The molecule has 0 saturated heterocycles. The number of nitrogens with zero attached hydrogens (tertiary/aromatic N) is 2. The maximum Gasteiger partial charge on any atom is 0.295 e. The molecule has 0 fully saturated rings. The molecular formula is C21H17F2N5O2. The summed E-state index contributed by atoms with van der Waals surface area (Å²) in [6.07, 6.45) is -2.10. The average molecular weight is 409 g/mol. The molecule has 0 radical (unpaired) electrons. The molecule has 7 nitrogen and oxygen atoms in total. The predicted molar refractivity (Wildman–Crippen MR) is 109 cm³/mol. The Balaban J connectivity index is 1.59. The van der Waals surface area contributed by atoms with Crippen molar-refractivity contribution in [2.24, 2.45) is 0 Å². The molecule has 152 valence electrons. The Morgan fingerprint density at radius 3 is 2.70 bits per heavy atom. The average Bonchev–Trinajstić information content (AvgIpc) is 3.17. The number of amides is 1. The third kappa shape index (κ3) is 3.95. The number of fused-ring (bicyclic) bond motifs is 1. The van der Waals surface area contributed by atoms with Crippen LogP contribution in [0.2, 0.25) is 0 Å². The molecule has 0 unspecified atom stereocenters. The van der Waals surface area contributed by atoms with Crippen LogP contribution in [0, 0.1) is 0 Å². The van der Waals surface area contributed by atoms with E-state index in [0.717, 1.165) is 0 Å². The Kier molecular flexibility index (Phi) is 5.09. The minimum absolute atomic E-state index is 0.248. The van der Waals surface area contributed by atoms with Gasteiger partial charge in [-0.25, -0.2) is 18.7 Å². The number of carbonyl (C=O) groups is 1. The van der Waals surface area contributed by atoms with Crippen LogP contribution in [-0.2, 0) is 6.42 Å². The number of anilines is 1. The Morgan fingerprint density at radius 2 is 1.93 bits per heavy atom. The van der Waals surface area contributed by atoms with E-state index in [1.165, 1.54) is 24.3 Å². The van der Waals surface area contributed by atoms with Crippen LogP contribution in [0.15, 0.2) is 53.3 Å². The van der Waals surface area contributed by atoms with Gasteiger partial charge in [0.25, 0.3) is 17.9 Å². The molecule has 2 aromatic carbocycles. The van der Waals surface area contributed by atoms with E-state index < -0.39 is 18.2 Å². The Morgan fingerprint density at radius 1 is 1.10 bits per heavy atom. The van der Waals surface area contributed by atoms with Gasteiger partial charge in [0.1, 0.15) is 5.82 Å². The van der Waals surface area contributed by atoms with Crippen molar-refractivity contribution in [3.63, 3.8) is 0 Å². The monoisotopic (exact) mass is 409 g/mol. The van der Waals surface area contributed by atoms with E-state index in [4.69, 9.17) is 0 Å². The molecule has 1 amide bonds. The van der Waals surface area contributed by atoms with Crippen LogP contribution in [0.3, 0.4) is 0 Å². The van der Waals surface area contributed by atoms with Crippen molar-refractivity contribution in [1.82, 2.24) is 19.9 Å². The van der Waals surface area contributed by atoms with Crippen molar-refractivity contribution >= 4 is 22.6 Å². The number of hydrogen-bond donors (Lipinski definition) is 3. The third-order valence-corrected chi connectivity index (χ3v) is 4.52. The fourth-order valence-electron chi connectivity index (χ4n) is 3.05. The van der Waals surface area contributed by atoms with Gasteiger partial charge in [0.2, 0.25) is 0 Å². The van der Waals surface area contributed by atoms with Gasteiger partial charge in [-0.05, 0) is 36.8 Å². The summed E-state index contributed by atoms with van der Waals surface area (Å²) in [7, 11) is 0. The molecule has 0 bridgehead atoms. The van der Waals surface area contributed by atoms with Gasteiger partial charge >= 0.3 is 0 Å². The summed E-state index contributed by atoms with van der Waals surface area (Å²) in [5.41, 5.74) is 2.56. The van der Waals surface area contributed by atoms with Crippen LogP contribution < -0.4 is 10.9 Å². The standard InChI is InChI=1S/C21H17F2N5O2/c1-2-13-10-17(29)28-19(24-13)11-4-3-5-14(8-11)25-21(30)12-6-7-15-16(9-12)27-20(26-15)18(22)23/h3-10,18H,2H2,1H3,(H,25,30)(H,26,27)(H,24,28,29). The van der Waals surface area contributed by atoms with E-state index in [1.54, 1.807) is 24.3 Å². The second-order valence-electron chi connectivity index (χ2n) is 6.63. The number of aryl methyl sites for hydroxylation is 1. The van der Waals surface area contributed by atoms with Crippen LogP contribution in [0.5, 0.6) is 0 Å². The molecule has 0 saturated carbocycles. The van der Waals surface area contributed by atoms with Crippen molar-refractivity contribution in [3.05, 3.63) is 76.0 Å². The molecular weight excluding hydrogens is 392 g/mol. The molecule has 9 heteroatoms. The summed E-state index contributed by atoms with van der Waals surface area (Å²) in [5.74, 6) is -0.439. The SMILES string of the molecule is CCc1cc(=O)[nH]c(-c2cccc(NC(=O)c3ccc4nc(C(F)F)[nH]c4c3)c2)n1. The van der Waals surface area contributed by atoms with E-state index in [0.29, 0.717) is 40.2 Å². The van der Waals surface area contributed by atoms with E-state index in [1.807, 2.05) is 6.92 Å². The van der Waals surface area contributed by atoms with E-state index in [9.17, 15) is 18.4 Å². The van der Waals surface area contributed by atoms with Gasteiger partial charge in [-0.15, -0.1) is 0 Å². The Hall–Kier alpha value is -3.88. The summed E-state index contributed by atoms with van der Waals surface area (Å²) < 4.78 is 25.6. The quantitative estimate of drug-likeness (QED) is 0.462. The van der Waals surface area contributed by atoms with Crippen molar-refractivity contribution in [2.45, 2.75) is 19.8 Å². The molecule has 3 N–H and O–H groups in total. The van der Waals surface area contributed by atoms with Crippen LogP contribution >= 0.6 is 0 Å². The zero-order valence-electron chi connectivity index (χ0n) is 15.9. The highest BCUT2D eigenvalue weighted by Crippen LogP contribution is 2.22. The second-order valence-corrected chi connectivity index (χ2v) is 6.63. The van der Waals surface area contributed by atoms with E-state index in [2.05, 4.69) is 25.3 Å². The largest absolute Gasteiger partial charge is 0.337 e. The summed E-state index contributed by atoms with van der Waals surface area (Å²) in [6.45, 7) is 1.91. The number of H-pyrrole nitrogens is 2. The Labute approximate surface area is 169 Å². The first-order chi connectivity index (χ1) is 14.4. The molecule has 0 aliphatic rings. The zero-order valence-corrected chi connectivity index (χ0v) is 15.9. The molecule has 2 aromatic heterocycles. The number of nitrogens with one attached hydrogen (secondary N) is 3. The lowest BCUT2D eigenvalue weighted by molar-refractivity contribution is 0.102. The number of alkyl halides is 2. The maximum absolute atomic E-state index is 12.8. The third-order valence-electron chi connectivity index (χ3n) is 4.52. The maximum atomic E-state index is 12.8. The van der Waals surface area contributed by atoms with Gasteiger partial charge in [-0.2, -0.15) is 0 Å². The number of halogens is 2. The molecule has 4 rings (SSSR count). The van der Waals surface area contributed by atoms with Gasteiger partial charge in [0.15, 0.2) is 5.82 Å². The van der Waals surface area contributed by atoms with Gasteiger partial charge in [-0.1, -0.05) is 19.1 Å². The van der Waals surface area contributed by atoms with E-state index >= 15 is 0 Å². The minimum atomic E-state index is -2.72. The number of imidazole rings is 1. The molecule has 0 aliphatic heterocycles. The first-order valence-electron chi connectivity index (χ1n) is 9.23. The lowest BCUT2D eigenvalue weighted by atomic mass is 10.1. The lowest BCUT2D eigenvalue weighted by Crippen LogP contribution is -2.12. The topological polar surface area (TPSA) is 104 Å². The number of rotatable bonds is 5.